The minimum absolute atomic E-state index is 0.367. The van der Waals surface area contributed by atoms with E-state index in [-0.39, 0.29) is 0 Å². The van der Waals surface area contributed by atoms with Crippen molar-refractivity contribution in [3.8, 4) is 6.07 Å². The van der Waals surface area contributed by atoms with E-state index < -0.39 is 5.60 Å². The maximum Gasteiger partial charge on any atom is 0.0991 e. The van der Waals surface area contributed by atoms with Crippen molar-refractivity contribution in [2.45, 2.75) is 39.3 Å². The highest BCUT2D eigenvalue weighted by molar-refractivity contribution is 6.31. The molecule has 5 heteroatoms. The van der Waals surface area contributed by atoms with Gasteiger partial charge in [-0.15, -0.1) is 0 Å². The molecule has 1 N–H and O–H groups in total. The number of aliphatic hydroxyl groups is 1. The van der Waals surface area contributed by atoms with E-state index in [1.807, 2.05) is 18.5 Å². The Morgan fingerprint density at radius 2 is 2.00 bits per heavy atom. The number of aromatic nitrogens is 2. The van der Waals surface area contributed by atoms with Crippen molar-refractivity contribution < 1.29 is 5.11 Å². The fraction of sp³-hybridized carbons (Fsp3) is 0.375. The minimum Gasteiger partial charge on any atom is -0.385 e. The van der Waals surface area contributed by atoms with Gasteiger partial charge >= 0.3 is 0 Å². The van der Waals surface area contributed by atoms with Crippen molar-refractivity contribution in [3.05, 3.63) is 51.8 Å². The molecule has 1 unspecified atom stereocenters. The quantitative estimate of drug-likeness (QED) is 0.943. The van der Waals surface area contributed by atoms with Gasteiger partial charge in [0.15, 0.2) is 0 Å². The molecule has 0 bridgehead atoms. The first-order chi connectivity index (χ1) is 9.89. The Kier molecular flexibility index (Phi) is 4.36. The van der Waals surface area contributed by atoms with Gasteiger partial charge in [0.25, 0.3) is 0 Å². The van der Waals surface area contributed by atoms with E-state index in [9.17, 15) is 5.11 Å². The summed E-state index contributed by atoms with van der Waals surface area (Å²) in [5, 5.41) is 24.6. The predicted octanol–water partition coefficient (Wildman–Crippen LogP) is 3.19. The number of rotatable bonds is 4. The molecule has 2 rings (SSSR count). The van der Waals surface area contributed by atoms with Crippen LogP contribution in [0.1, 0.15) is 36.4 Å². The highest BCUT2D eigenvalue weighted by atomic mass is 35.5. The van der Waals surface area contributed by atoms with E-state index in [4.69, 9.17) is 16.9 Å². The van der Waals surface area contributed by atoms with E-state index in [1.54, 1.807) is 31.2 Å². The van der Waals surface area contributed by atoms with Crippen molar-refractivity contribution in [1.29, 1.82) is 5.26 Å². The number of hydrogen-bond donors (Lipinski definition) is 1. The first-order valence-corrected chi connectivity index (χ1v) is 7.21. The lowest BCUT2D eigenvalue weighted by molar-refractivity contribution is 0.0554. The summed E-state index contributed by atoms with van der Waals surface area (Å²) in [6, 6.07) is 9.01. The molecule has 1 aromatic heterocycles. The number of hydrogen-bond acceptors (Lipinski definition) is 3. The smallest absolute Gasteiger partial charge is 0.0991 e. The second-order valence-corrected chi connectivity index (χ2v) is 5.68. The van der Waals surface area contributed by atoms with E-state index in [0.29, 0.717) is 23.6 Å². The third-order valence-electron chi connectivity index (χ3n) is 3.60. The summed E-state index contributed by atoms with van der Waals surface area (Å²) in [5.74, 6) is 0. The molecular formula is C16H18ClN3O. The fourth-order valence-corrected chi connectivity index (χ4v) is 2.57. The molecule has 2 aromatic rings. The van der Waals surface area contributed by atoms with Crippen molar-refractivity contribution in [2.75, 3.05) is 0 Å². The Hall–Kier alpha value is -1.83. The molecule has 1 atom stereocenters. The molecule has 0 spiro atoms. The molecule has 0 aliphatic rings. The number of nitrogens with zero attached hydrogens (tertiary/aromatic N) is 3. The highest BCUT2D eigenvalue weighted by Crippen LogP contribution is 2.30. The summed E-state index contributed by atoms with van der Waals surface area (Å²) >= 11 is 6.30. The molecule has 1 heterocycles. The lowest BCUT2D eigenvalue weighted by Gasteiger charge is -2.24. The molecule has 0 aliphatic heterocycles. The van der Waals surface area contributed by atoms with Gasteiger partial charge in [0.1, 0.15) is 0 Å². The average Bonchev–Trinajstić information content (AvgIpc) is 2.74. The van der Waals surface area contributed by atoms with Gasteiger partial charge in [-0.25, -0.2) is 0 Å². The van der Waals surface area contributed by atoms with Crippen LogP contribution in [0.2, 0.25) is 5.02 Å². The highest BCUT2D eigenvalue weighted by Gasteiger charge is 2.27. The monoisotopic (exact) mass is 303 g/mol. The molecule has 110 valence electrons. The maximum atomic E-state index is 10.8. The minimum atomic E-state index is -1.07. The predicted molar refractivity (Wildman–Crippen MR) is 82.1 cm³/mol. The Labute approximate surface area is 129 Å². The lowest BCUT2D eigenvalue weighted by atomic mass is 9.90. The summed E-state index contributed by atoms with van der Waals surface area (Å²) in [6.45, 7) is 6.29. The van der Waals surface area contributed by atoms with Crippen LogP contribution in [0, 0.1) is 18.3 Å². The van der Waals surface area contributed by atoms with Gasteiger partial charge in [-0.2, -0.15) is 10.4 Å². The molecule has 0 amide bonds. The normalized spacial score (nSPS) is 13.7. The van der Waals surface area contributed by atoms with Gasteiger partial charge in [0, 0.05) is 13.0 Å². The van der Waals surface area contributed by atoms with E-state index in [0.717, 1.165) is 17.0 Å². The molecule has 21 heavy (non-hydrogen) atoms. The maximum absolute atomic E-state index is 10.8. The van der Waals surface area contributed by atoms with Crippen LogP contribution in [-0.4, -0.2) is 14.9 Å². The Morgan fingerprint density at radius 3 is 2.52 bits per heavy atom. The summed E-state index contributed by atoms with van der Waals surface area (Å²) in [7, 11) is 0. The first kappa shape index (κ1) is 15.6. The molecular weight excluding hydrogens is 286 g/mol. The summed E-state index contributed by atoms with van der Waals surface area (Å²) < 4.78 is 1.82. The Morgan fingerprint density at radius 1 is 1.38 bits per heavy atom. The van der Waals surface area contributed by atoms with Crippen LogP contribution in [0.5, 0.6) is 0 Å². The number of benzene rings is 1. The third kappa shape index (κ3) is 3.10. The van der Waals surface area contributed by atoms with Crippen LogP contribution < -0.4 is 0 Å². The molecule has 0 radical (unpaired) electrons. The summed E-state index contributed by atoms with van der Waals surface area (Å²) in [6.07, 6.45) is 0.367. The number of halogens is 1. The van der Waals surface area contributed by atoms with E-state index >= 15 is 0 Å². The third-order valence-corrected chi connectivity index (χ3v) is 4.09. The zero-order valence-corrected chi connectivity index (χ0v) is 13.1. The molecule has 1 aromatic carbocycles. The average molecular weight is 304 g/mol. The van der Waals surface area contributed by atoms with E-state index in [1.165, 1.54) is 0 Å². The van der Waals surface area contributed by atoms with Crippen LogP contribution in [0.3, 0.4) is 0 Å². The fourth-order valence-electron chi connectivity index (χ4n) is 2.37. The Balaban J connectivity index is 2.34. The largest absolute Gasteiger partial charge is 0.385 e. The van der Waals surface area contributed by atoms with Crippen LogP contribution in [-0.2, 0) is 18.6 Å². The van der Waals surface area contributed by atoms with Crippen LogP contribution in [0.15, 0.2) is 24.3 Å². The van der Waals surface area contributed by atoms with Crippen LogP contribution in [0.4, 0.5) is 0 Å². The molecule has 0 fully saturated rings. The van der Waals surface area contributed by atoms with Gasteiger partial charge < -0.3 is 5.11 Å². The van der Waals surface area contributed by atoms with Crippen molar-refractivity contribution in [3.63, 3.8) is 0 Å². The SMILES string of the molecule is CCn1nc(C)c(Cl)c1CC(C)(O)c1ccc(C#N)cc1. The summed E-state index contributed by atoms with van der Waals surface area (Å²) in [5.41, 5.74) is 1.84. The zero-order valence-electron chi connectivity index (χ0n) is 12.4. The van der Waals surface area contributed by atoms with Crippen LogP contribution >= 0.6 is 11.6 Å². The van der Waals surface area contributed by atoms with Crippen LogP contribution in [0.25, 0.3) is 0 Å². The standard InChI is InChI=1S/C16H18ClN3O/c1-4-20-14(15(17)11(2)19-20)9-16(3,21)13-7-5-12(10-18)6-8-13/h5-8,21H,4,9H2,1-3H3. The van der Waals surface area contributed by atoms with Gasteiger partial charge in [-0.1, -0.05) is 23.7 Å². The van der Waals surface area contributed by atoms with Gasteiger partial charge in [-0.05, 0) is 38.5 Å². The zero-order chi connectivity index (χ0) is 15.6. The Bertz CT molecular complexity index is 681. The van der Waals surface area contributed by atoms with Crippen molar-refractivity contribution >= 4 is 11.6 Å². The second-order valence-electron chi connectivity index (χ2n) is 5.30. The molecule has 0 saturated heterocycles. The molecule has 0 aliphatic carbocycles. The molecule has 0 saturated carbocycles. The second kappa shape index (κ2) is 5.88. The van der Waals surface area contributed by atoms with Crippen molar-refractivity contribution in [1.82, 2.24) is 9.78 Å². The number of aryl methyl sites for hydroxylation is 2. The van der Waals surface area contributed by atoms with Gasteiger partial charge in [0.2, 0.25) is 0 Å². The van der Waals surface area contributed by atoms with Gasteiger partial charge in [-0.3, -0.25) is 4.68 Å². The first-order valence-electron chi connectivity index (χ1n) is 6.84. The lowest BCUT2D eigenvalue weighted by Crippen LogP contribution is -2.26. The van der Waals surface area contributed by atoms with Crippen molar-refractivity contribution in [2.24, 2.45) is 0 Å². The summed E-state index contributed by atoms with van der Waals surface area (Å²) in [4.78, 5) is 0. The van der Waals surface area contributed by atoms with Gasteiger partial charge in [0.05, 0.1) is 33.6 Å². The number of nitriles is 1. The van der Waals surface area contributed by atoms with E-state index in [2.05, 4.69) is 11.2 Å². The topological polar surface area (TPSA) is 61.8 Å². The molecule has 4 nitrogen and oxygen atoms in total.